The van der Waals surface area contributed by atoms with Gasteiger partial charge in [0.2, 0.25) is 0 Å². The predicted molar refractivity (Wildman–Crippen MR) is 57.6 cm³/mol. The molecule has 0 aliphatic carbocycles. The number of hydrogen-bond acceptors (Lipinski definition) is 1. The van der Waals surface area contributed by atoms with Gasteiger partial charge in [-0.25, -0.2) is 0 Å². The lowest BCUT2D eigenvalue weighted by Crippen LogP contribution is -1.91. The molecule has 1 nitrogen and oxygen atoms in total. The second kappa shape index (κ2) is 5.10. The fraction of sp³-hybridized carbons (Fsp3) is 0.308. The van der Waals surface area contributed by atoms with Gasteiger partial charge < -0.3 is 0 Å². The van der Waals surface area contributed by atoms with E-state index in [0.717, 1.165) is 6.42 Å². The fourth-order valence-electron chi connectivity index (χ4n) is 1.26. The molecule has 0 bridgehead atoms. The minimum Gasteiger partial charge on any atom is -0.192 e. The molecule has 1 heteroatoms. The van der Waals surface area contributed by atoms with Crippen molar-refractivity contribution >= 4 is 0 Å². The summed E-state index contributed by atoms with van der Waals surface area (Å²) >= 11 is 0. The molecule has 0 aliphatic rings. The van der Waals surface area contributed by atoms with Crippen molar-refractivity contribution in [3.05, 3.63) is 35.4 Å². The molecule has 0 amide bonds. The Bertz CT molecular complexity index is 384. The molecule has 1 unspecified atom stereocenters. The molecule has 0 aliphatic heterocycles. The van der Waals surface area contributed by atoms with Crippen LogP contribution in [0.3, 0.4) is 0 Å². The first kappa shape index (κ1) is 10.4. The fourth-order valence-corrected chi connectivity index (χ4v) is 1.26. The highest BCUT2D eigenvalue weighted by Gasteiger charge is 2.02. The minimum absolute atomic E-state index is 0.440. The monoisotopic (exact) mass is 183 g/mol. The Balaban J connectivity index is 2.75. The van der Waals surface area contributed by atoms with E-state index < -0.39 is 0 Å². The van der Waals surface area contributed by atoms with Crippen molar-refractivity contribution in [2.45, 2.75) is 26.2 Å². The zero-order chi connectivity index (χ0) is 10.4. The van der Waals surface area contributed by atoms with Gasteiger partial charge in [-0.05, 0) is 30.5 Å². The van der Waals surface area contributed by atoms with Gasteiger partial charge in [0.1, 0.15) is 0 Å². The number of nitriles is 1. The summed E-state index contributed by atoms with van der Waals surface area (Å²) in [5, 5.41) is 8.64. The van der Waals surface area contributed by atoms with Gasteiger partial charge in [0.05, 0.1) is 11.6 Å². The van der Waals surface area contributed by atoms with Gasteiger partial charge in [0.15, 0.2) is 0 Å². The quantitative estimate of drug-likeness (QED) is 0.646. The first-order valence-electron chi connectivity index (χ1n) is 4.67. The maximum Gasteiger partial charge on any atom is 0.0991 e. The van der Waals surface area contributed by atoms with Crippen LogP contribution < -0.4 is 0 Å². The zero-order valence-electron chi connectivity index (χ0n) is 8.54. The predicted octanol–water partition coefficient (Wildman–Crippen LogP) is 3.08. The molecule has 0 spiro atoms. The molecule has 1 atom stereocenters. The van der Waals surface area contributed by atoms with Gasteiger partial charge in [-0.1, -0.05) is 19.1 Å². The Morgan fingerprint density at radius 3 is 2.43 bits per heavy atom. The third-order valence-electron chi connectivity index (χ3n) is 2.19. The van der Waals surface area contributed by atoms with Crippen molar-refractivity contribution in [3.8, 4) is 17.9 Å². The van der Waals surface area contributed by atoms with Crippen LogP contribution in [0.2, 0.25) is 0 Å². The van der Waals surface area contributed by atoms with Crippen LogP contribution in [0, 0.1) is 23.2 Å². The summed E-state index contributed by atoms with van der Waals surface area (Å²) in [6.07, 6.45) is 0.877. The maximum atomic E-state index is 8.64. The van der Waals surface area contributed by atoms with Gasteiger partial charge >= 0.3 is 0 Å². The molecule has 0 heterocycles. The summed E-state index contributed by atoms with van der Waals surface area (Å²) in [6, 6.07) is 9.81. The van der Waals surface area contributed by atoms with Crippen molar-refractivity contribution in [2.75, 3.05) is 0 Å². The molecular formula is C13H13N. The van der Waals surface area contributed by atoms with E-state index in [0.29, 0.717) is 11.5 Å². The van der Waals surface area contributed by atoms with Crippen molar-refractivity contribution in [2.24, 2.45) is 0 Å². The summed E-state index contributed by atoms with van der Waals surface area (Å²) in [5.41, 5.74) is 1.95. The summed E-state index contributed by atoms with van der Waals surface area (Å²) < 4.78 is 0. The molecular weight excluding hydrogens is 170 g/mol. The molecule has 70 valence electrons. The van der Waals surface area contributed by atoms with Crippen molar-refractivity contribution in [3.63, 3.8) is 0 Å². The lowest BCUT2D eigenvalue weighted by Gasteiger charge is -2.07. The number of hydrogen-bond donors (Lipinski definition) is 0. The Hall–Kier alpha value is -1.73. The van der Waals surface area contributed by atoms with E-state index in [1.54, 1.807) is 0 Å². The Morgan fingerprint density at radius 1 is 1.29 bits per heavy atom. The van der Waals surface area contributed by atoms with E-state index in [-0.39, 0.29) is 0 Å². The highest BCUT2D eigenvalue weighted by atomic mass is 14.2. The highest BCUT2D eigenvalue weighted by Crippen LogP contribution is 2.18. The second-order valence-electron chi connectivity index (χ2n) is 3.27. The lowest BCUT2D eigenvalue weighted by molar-refractivity contribution is 0.795. The zero-order valence-corrected chi connectivity index (χ0v) is 8.54. The topological polar surface area (TPSA) is 23.8 Å². The van der Waals surface area contributed by atoms with Crippen LogP contribution in [0.25, 0.3) is 0 Å². The van der Waals surface area contributed by atoms with Crippen LogP contribution in [0.5, 0.6) is 0 Å². The van der Waals surface area contributed by atoms with Gasteiger partial charge in [-0.3, -0.25) is 0 Å². The Morgan fingerprint density at radius 2 is 1.93 bits per heavy atom. The van der Waals surface area contributed by atoms with Crippen LogP contribution in [-0.2, 0) is 0 Å². The molecule has 0 fully saturated rings. The molecule has 0 radical (unpaired) electrons. The largest absolute Gasteiger partial charge is 0.192 e. The van der Waals surface area contributed by atoms with E-state index in [2.05, 4.69) is 24.8 Å². The Kier molecular flexibility index (Phi) is 3.77. The van der Waals surface area contributed by atoms with E-state index in [4.69, 9.17) is 5.26 Å². The minimum atomic E-state index is 0.440. The van der Waals surface area contributed by atoms with E-state index in [1.807, 2.05) is 31.2 Å². The van der Waals surface area contributed by atoms with E-state index >= 15 is 0 Å². The van der Waals surface area contributed by atoms with Crippen LogP contribution in [0.4, 0.5) is 0 Å². The van der Waals surface area contributed by atoms with Gasteiger partial charge in [-0.2, -0.15) is 5.26 Å². The summed E-state index contributed by atoms with van der Waals surface area (Å²) in [5.74, 6) is 6.39. The van der Waals surface area contributed by atoms with E-state index in [1.165, 1.54) is 5.56 Å². The molecule has 0 N–H and O–H groups in total. The number of rotatable bonds is 2. The molecule has 0 saturated heterocycles. The molecule has 1 aromatic carbocycles. The smallest absolute Gasteiger partial charge is 0.0991 e. The first-order valence-corrected chi connectivity index (χ1v) is 4.67. The molecule has 1 aromatic rings. The van der Waals surface area contributed by atoms with Crippen LogP contribution in [-0.4, -0.2) is 0 Å². The Labute approximate surface area is 85.4 Å². The summed E-state index contributed by atoms with van der Waals surface area (Å²) in [4.78, 5) is 0. The summed E-state index contributed by atoms with van der Waals surface area (Å²) in [6.45, 7) is 4.00. The highest BCUT2D eigenvalue weighted by molar-refractivity contribution is 5.33. The van der Waals surface area contributed by atoms with Crippen molar-refractivity contribution < 1.29 is 0 Å². The van der Waals surface area contributed by atoms with Crippen LogP contribution in [0.1, 0.15) is 37.3 Å². The van der Waals surface area contributed by atoms with Gasteiger partial charge in [-0.15, -0.1) is 11.8 Å². The third kappa shape index (κ3) is 2.64. The molecule has 0 saturated carbocycles. The van der Waals surface area contributed by atoms with Crippen molar-refractivity contribution in [1.29, 1.82) is 5.26 Å². The molecule has 0 aromatic heterocycles. The van der Waals surface area contributed by atoms with Crippen molar-refractivity contribution in [1.82, 2.24) is 0 Å². The first-order chi connectivity index (χ1) is 6.77. The standard InChI is InChI=1S/C13H13N/c1-3-4-5-11(2)13-8-6-12(10-14)7-9-13/h6-9,11H,5H2,1-2H3. The molecule has 14 heavy (non-hydrogen) atoms. The van der Waals surface area contributed by atoms with Gasteiger partial charge in [0.25, 0.3) is 0 Å². The second-order valence-corrected chi connectivity index (χ2v) is 3.27. The summed E-state index contributed by atoms with van der Waals surface area (Å²) in [7, 11) is 0. The van der Waals surface area contributed by atoms with Crippen LogP contribution in [0.15, 0.2) is 24.3 Å². The lowest BCUT2D eigenvalue weighted by atomic mass is 9.97. The number of nitrogens with zero attached hydrogens (tertiary/aromatic N) is 1. The average Bonchev–Trinajstić information content (AvgIpc) is 2.26. The average molecular weight is 183 g/mol. The maximum absolute atomic E-state index is 8.64. The SMILES string of the molecule is CC#CCC(C)c1ccc(C#N)cc1. The number of benzene rings is 1. The molecule has 1 rings (SSSR count). The third-order valence-corrected chi connectivity index (χ3v) is 2.19. The van der Waals surface area contributed by atoms with Gasteiger partial charge in [0, 0.05) is 6.42 Å². The normalized spacial score (nSPS) is 10.9. The van der Waals surface area contributed by atoms with E-state index in [9.17, 15) is 0 Å². The van der Waals surface area contributed by atoms with Crippen LogP contribution >= 0.6 is 0 Å².